The van der Waals surface area contributed by atoms with Crippen LogP contribution in [0.15, 0.2) is 78.4 Å². The van der Waals surface area contributed by atoms with Gasteiger partial charge in [-0.1, -0.05) is 136 Å². The number of ether oxygens (including phenoxy) is 3. The average Bonchev–Trinajstić information content (AvgIpc) is 3.67. The van der Waals surface area contributed by atoms with Crippen LogP contribution in [-0.2, 0) is 32.1 Å². The van der Waals surface area contributed by atoms with Crippen molar-refractivity contribution in [3.63, 3.8) is 0 Å². The Bertz CT molecular complexity index is 2130. The van der Waals surface area contributed by atoms with Gasteiger partial charge in [0.2, 0.25) is 0 Å². The van der Waals surface area contributed by atoms with Crippen LogP contribution in [0.4, 0.5) is 4.79 Å². The van der Waals surface area contributed by atoms with Gasteiger partial charge in [0.15, 0.2) is 0 Å². The minimum absolute atomic E-state index is 0.118. The molecule has 3 aromatic carbocycles. The highest BCUT2D eigenvalue weighted by Gasteiger charge is 2.59. The van der Waals surface area contributed by atoms with Crippen LogP contribution in [-0.4, -0.2) is 71.5 Å². The normalized spacial score (nSPS) is 26.7. The van der Waals surface area contributed by atoms with Gasteiger partial charge < -0.3 is 19.9 Å². The largest absolute Gasteiger partial charge is 0.508 e. The Labute approximate surface area is 401 Å². The van der Waals surface area contributed by atoms with Crippen molar-refractivity contribution < 1.29 is 33.8 Å². The van der Waals surface area contributed by atoms with Crippen molar-refractivity contribution in [1.29, 1.82) is 0 Å². The van der Waals surface area contributed by atoms with E-state index < -0.39 is 18.1 Å². The SMILES string of the molecule is CC(C)CCC[C@@H](C)[C@H]1CCC2C3CC=C4CC(OC(=O)[C@@H](N)CSSCCOC(=O)OCCN(Cc5ccc(C(=O)NO)cc5)Cc5ccc6ccccc6c5)CC[C@]4(C)C3CC[C@@]21C. The third-order valence-corrected chi connectivity index (χ3v) is 18.5. The molecule has 12 heteroatoms. The number of carbonyl (C=O) groups excluding carboxylic acids is 3. The molecule has 3 aromatic rings. The Morgan fingerprint density at radius 3 is 2.38 bits per heavy atom. The van der Waals surface area contributed by atoms with Gasteiger partial charge in [0.1, 0.15) is 25.4 Å². The average molecular weight is 942 g/mol. The van der Waals surface area contributed by atoms with Gasteiger partial charge in [-0.2, -0.15) is 0 Å². The molecular formula is C54H75N3O7S2. The van der Waals surface area contributed by atoms with Crippen molar-refractivity contribution in [2.45, 2.75) is 130 Å². The minimum Gasteiger partial charge on any atom is -0.461 e. The van der Waals surface area contributed by atoms with Gasteiger partial charge in [-0.05, 0) is 131 Å². The van der Waals surface area contributed by atoms with Crippen LogP contribution in [0.2, 0.25) is 0 Å². The highest BCUT2D eigenvalue weighted by atomic mass is 33.1. The number of nitrogens with two attached hydrogens (primary N) is 1. The van der Waals surface area contributed by atoms with E-state index in [-0.39, 0.29) is 30.7 Å². The Kier molecular flexibility index (Phi) is 17.7. The maximum atomic E-state index is 13.2. The first kappa shape index (κ1) is 50.3. The molecule has 360 valence electrons. The van der Waals surface area contributed by atoms with Gasteiger partial charge in [0, 0.05) is 43.1 Å². The molecule has 0 heterocycles. The van der Waals surface area contributed by atoms with E-state index in [2.05, 4.69) is 75.9 Å². The summed E-state index contributed by atoms with van der Waals surface area (Å²) in [6.07, 6.45) is 15.3. The number of carbonyl (C=O) groups is 3. The molecule has 7 rings (SSSR count). The van der Waals surface area contributed by atoms with Gasteiger partial charge in [0.05, 0.1) is 0 Å². The molecule has 0 radical (unpaired) electrons. The number of fused-ring (bicyclic) bond motifs is 6. The summed E-state index contributed by atoms with van der Waals surface area (Å²) in [6.45, 7) is 14.4. The number of rotatable bonds is 21. The predicted octanol–water partition coefficient (Wildman–Crippen LogP) is 11.8. The van der Waals surface area contributed by atoms with Gasteiger partial charge in [-0.3, -0.25) is 19.7 Å². The van der Waals surface area contributed by atoms with E-state index in [1.807, 2.05) is 24.3 Å². The highest BCUT2D eigenvalue weighted by molar-refractivity contribution is 8.76. The number of hydroxylamine groups is 1. The molecule has 0 aliphatic heterocycles. The van der Waals surface area contributed by atoms with Crippen molar-refractivity contribution in [3.8, 4) is 0 Å². The van der Waals surface area contributed by atoms with E-state index in [4.69, 9.17) is 25.2 Å². The summed E-state index contributed by atoms with van der Waals surface area (Å²) in [7, 11) is 2.98. The molecular weight excluding hydrogens is 867 g/mol. The van der Waals surface area contributed by atoms with Crippen LogP contribution < -0.4 is 11.2 Å². The van der Waals surface area contributed by atoms with Crippen LogP contribution in [0.25, 0.3) is 10.8 Å². The van der Waals surface area contributed by atoms with Gasteiger partial charge >= 0.3 is 12.1 Å². The quantitative estimate of drug-likeness (QED) is 0.0235. The fourth-order valence-corrected chi connectivity index (χ4v) is 14.5. The number of esters is 1. The summed E-state index contributed by atoms with van der Waals surface area (Å²) in [5.74, 6) is 4.84. The summed E-state index contributed by atoms with van der Waals surface area (Å²) in [5, 5.41) is 11.3. The third kappa shape index (κ3) is 12.4. The summed E-state index contributed by atoms with van der Waals surface area (Å²) >= 11 is 0. The molecule has 10 nitrogen and oxygen atoms in total. The second-order valence-corrected chi connectivity index (χ2v) is 23.4. The smallest absolute Gasteiger partial charge is 0.461 e. The Balaban J connectivity index is 0.796. The lowest BCUT2D eigenvalue weighted by molar-refractivity contribution is -0.152. The molecule has 0 saturated heterocycles. The number of amides is 1. The molecule has 0 bridgehead atoms. The van der Waals surface area contributed by atoms with E-state index in [0.29, 0.717) is 42.1 Å². The maximum Gasteiger partial charge on any atom is 0.508 e. The van der Waals surface area contributed by atoms with E-state index in [0.717, 1.165) is 76.7 Å². The molecule has 1 amide bonds. The molecule has 4 N–H and O–H groups in total. The first-order chi connectivity index (χ1) is 31.8. The van der Waals surface area contributed by atoms with E-state index in [9.17, 15) is 14.4 Å². The van der Waals surface area contributed by atoms with Crippen LogP contribution in [0.5, 0.6) is 0 Å². The topological polar surface area (TPSA) is 140 Å². The monoisotopic (exact) mass is 942 g/mol. The molecule has 4 aliphatic rings. The van der Waals surface area contributed by atoms with Crippen molar-refractivity contribution in [1.82, 2.24) is 10.4 Å². The van der Waals surface area contributed by atoms with E-state index in [1.54, 1.807) is 17.6 Å². The van der Waals surface area contributed by atoms with Crippen LogP contribution in [0.3, 0.4) is 0 Å². The van der Waals surface area contributed by atoms with Gasteiger partial charge in [-0.15, -0.1) is 0 Å². The molecule has 3 fully saturated rings. The number of nitrogens with one attached hydrogen (secondary N) is 1. The van der Waals surface area contributed by atoms with Crippen LogP contribution in [0, 0.1) is 46.3 Å². The number of nitrogens with zero attached hydrogens (tertiary/aromatic N) is 1. The minimum atomic E-state index is -0.732. The number of allylic oxidation sites excluding steroid dienone is 1. The maximum absolute atomic E-state index is 13.2. The zero-order valence-corrected chi connectivity index (χ0v) is 41.6. The summed E-state index contributed by atoms with van der Waals surface area (Å²) in [4.78, 5) is 39.7. The number of hydrogen-bond donors (Lipinski definition) is 3. The zero-order valence-electron chi connectivity index (χ0n) is 40.0. The second kappa shape index (κ2) is 23.2. The molecule has 4 aliphatic carbocycles. The number of hydrogen-bond acceptors (Lipinski definition) is 11. The Morgan fingerprint density at radius 2 is 1.61 bits per heavy atom. The number of benzene rings is 3. The van der Waals surface area contributed by atoms with Crippen LogP contribution >= 0.6 is 21.6 Å². The first-order valence-electron chi connectivity index (χ1n) is 24.7. The lowest BCUT2D eigenvalue weighted by Gasteiger charge is -2.58. The zero-order chi connectivity index (χ0) is 46.8. The van der Waals surface area contributed by atoms with Crippen molar-refractivity contribution in [2.24, 2.45) is 52.1 Å². The molecule has 0 spiro atoms. The lowest BCUT2D eigenvalue weighted by Crippen LogP contribution is -2.51. The first-order valence-corrected chi connectivity index (χ1v) is 27.2. The van der Waals surface area contributed by atoms with Crippen molar-refractivity contribution in [3.05, 3.63) is 95.1 Å². The molecule has 4 unspecified atom stereocenters. The van der Waals surface area contributed by atoms with Crippen molar-refractivity contribution in [2.75, 3.05) is 31.3 Å². The second-order valence-electron chi connectivity index (χ2n) is 20.8. The molecule has 66 heavy (non-hydrogen) atoms. The predicted molar refractivity (Wildman–Crippen MR) is 267 cm³/mol. The lowest BCUT2D eigenvalue weighted by atomic mass is 9.47. The molecule has 3 saturated carbocycles. The van der Waals surface area contributed by atoms with Gasteiger partial charge in [0.25, 0.3) is 5.91 Å². The molecule has 9 atom stereocenters. The van der Waals surface area contributed by atoms with E-state index in [1.165, 1.54) is 78.5 Å². The Hall–Kier alpha value is -3.55. The standard InChI is InChI=1S/C54H75N3O7S2/c1-36(2)9-8-10-37(3)46-21-22-47-45-20-19-43-32-44(23-25-53(43,4)48(45)24-26-54(46,47)5)64-51(59)49(55)35-66-65-30-29-63-52(60)62-28-27-57(33-38-13-17-41(18-14-38)50(58)56-61)34-39-15-16-40-11-6-7-12-42(40)31-39/h6-7,11-19,31,36-37,44-49,61H,8-10,20-30,32-35,55H2,1-5H3,(H,56,58)/t37-,44?,45?,46-,47?,48?,49+,53+,54-/m1/s1. The third-order valence-electron chi connectivity index (χ3n) is 16.1. The fourth-order valence-electron chi connectivity index (χ4n) is 12.6. The highest BCUT2D eigenvalue weighted by Crippen LogP contribution is 2.67. The fraction of sp³-hybridized carbons (Fsp3) is 0.611. The van der Waals surface area contributed by atoms with Gasteiger partial charge in [-0.25, -0.2) is 10.3 Å². The molecule has 0 aromatic heterocycles. The summed E-state index contributed by atoms with van der Waals surface area (Å²) in [5.41, 5.74) is 12.6. The summed E-state index contributed by atoms with van der Waals surface area (Å²) in [6, 6.07) is 20.9. The van der Waals surface area contributed by atoms with Crippen molar-refractivity contribution >= 4 is 50.4 Å². The van der Waals surface area contributed by atoms with Crippen LogP contribution in [0.1, 0.15) is 127 Å². The summed E-state index contributed by atoms with van der Waals surface area (Å²) < 4.78 is 16.9. The van der Waals surface area contributed by atoms with E-state index >= 15 is 0 Å². The Morgan fingerprint density at radius 1 is 0.864 bits per heavy atom.